The van der Waals surface area contributed by atoms with Gasteiger partial charge in [0.25, 0.3) is 17.5 Å². The Morgan fingerprint density at radius 2 is 1.70 bits per heavy atom. The summed E-state index contributed by atoms with van der Waals surface area (Å²) >= 11 is 0. The average Bonchev–Trinajstić information content (AvgIpc) is 3.30. The van der Waals surface area contributed by atoms with Crippen molar-refractivity contribution in [3.63, 3.8) is 0 Å². The molecule has 1 heterocycles. The van der Waals surface area contributed by atoms with Gasteiger partial charge in [-0.3, -0.25) is 19.7 Å². The molecule has 0 aliphatic rings. The van der Waals surface area contributed by atoms with Crippen LogP contribution in [0.4, 0.5) is 17.1 Å². The van der Waals surface area contributed by atoms with E-state index < -0.39 is 10.8 Å². The van der Waals surface area contributed by atoms with Crippen LogP contribution in [0.15, 0.2) is 85.1 Å². The van der Waals surface area contributed by atoms with E-state index in [1.165, 1.54) is 35.1 Å². The van der Waals surface area contributed by atoms with Gasteiger partial charge in [-0.25, -0.2) is 4.68 Å². The molecule has 2 amide bonds. The van der Waals surface area contributed by atoms with Gasteiger partial charge in [0.05, 0.1) is 21.9 Å². The van der Waals surface area contributed by atoms with Gasteiger partial charge in [0, 0.05) is 24.0 Å². The summed E-state index contributed by atoms with van der Waals surface area (Å²) in [5, 5.41) is 20.8. The molecule has 0 radical (unpaired) electrons. The number of para-hydroxylation sites is 1. The molecule has 0 saturated carbocycles. The summed E-state index contributed by atoms with van der Waals surface area (Å²) in [4.78, 5) is 36.1. The van der Waals surface area contributed by atoms with Crippen LogP contribution in [-0.4, -0.2) is 26.5 Å². The number of hydrogen-bond donors (Lipinski definition) is 2. The van der Waals surface area contributed by atoms with Crippen LogP contribution in [0.2, 0.25) is 0 Å². The van der Waals surface area contributed by atoms with Gasteiger partial charge in [-0.2, -0.15) is 5.10 Å². The molecule has 0 aliphatic heterocycles. The molecule has 0 bridgehead atoms. The fourth-order valence-electron chi connectivity index (χ4n) is 3.24. The van der Waals surface area contributed by atoms with Crippen molar-refractivity contribution in [3.8, 4) is 5.69 Å². The summed E-state index contributed by atoms with van der Waals surface area (Å²) < 4.78 is 1.37. The number of carbonyl (C=O) groups is 2. The minimum atomic E-state index is -0.519. The third-order valence-corrected chi connectivity index (χ3v) is 4.82. The minimum Gasteiger partial charge on any atom is -0.322 e. The molecule has 1 aromatic heterocycles. The second kappa shape index (κ2) is 9.15. The lowest BCUT2D eigenvalue weighted by Crippen LogP contribution is -2.18. The quantitative estimate of drug-likeness (QED) is 0.335. The maximum absolute atomic E-state index is 12.8. The predicted molar refractivity (Wildman–Crippen MR) is 124 cm³/mol. The molecule has 0 spiro atoms. The van der Waals surface area contributed by atoms with Crippen molar-refractivity contribution < 1.29 is 14.5 Å². The predicted octanol–water partition coefficient (Wildman–Crippen LogP) is 4.59. The molecule has 0 aliphatic carbocycles. The Balaban J connectivity index is 1.52. The highest BCUT2D eigenvalue weighted by Gasteiger charge is 2.17. The van der Waals surface area contributed by atoms with Crippen LogP contribution in [0.1, 0.15) is 26.4 Å². The van der Waals surface area contributed by atoms with E-state index in [0.717, 1.165) is 5.56 Å². The van der Waals surface area contributed by atoms with Crippen LogP contribution in [0.25, 0.3) is 5.69 Å². The molecule has 4 rings (SSSR count). The van der Waals surface area contributed by atoms with Crippen molar-refractivity contribution >= 4 is 28.9 Å². The third-order valence-electron chi connectivity index (χ3n) is 4.82. The first-order valence-electron chi connectivity index (χ1n) is 9.99. The van der Waals surface area contributed by atoms with E-state index in [4.69, 9.17) is 0 Å². The van der Waals surface area contributed by atoms with Crippen LogP contribution < -0.4 is 10.6 Å². The molecule has 9 heteroatoms. The van der Waals surface area contributed by atoms with Crippen molar-refractivity contribution in [2.75, 3.05) is 10.6 Å². The number of nitro benzene ring substituents is 1. The second-order valence-corrected chi connectivity index (χ2v) is 7.25. The molecule has 0 saturated heterocycles. The zero-order valence-corrected chi connectivity index (χ0v) is 17.6. The van der Waals surface area contributed by atoms with Gasteiger partial charge in [-0.05, 0) is 48.9 Å². The number of anilines is 2. The Hall–Kier alpha value is -4.79. The molecule has 0 fully saturated rings. The second-order valence-electron chi connectivity index (χ2n) is 7.25. The number of benzene rings is 3. The maximum Gasteiger partial charge on any atom is 0.276 e. The Labute approximate surface area is 188 Å². The van der Waals surface area contributed by atoms with Gasteiger partial charge < -0.3 is 10.6 Å². The summed E-state index contributed by atoms with van der Waals surface area (Å²) in [5.74, 6) is -0.881. The first-order chi connectivity index (χ1) is 15.9. The van der Waals surface area contributed by atoms with Gasteiger partial charge in [0.2, 0.25) is 0 Å². The molecule has 3 aromatic carbocycles. The Bertz CT molecular complexity index is 1360. The van der Waals surface area contributed by atoms with Gasteiger partial charge in [-0.1, -0.05) is 30.3 Å². The molecule has 0 unspecified atom stereocenters. The van der Waals surface area contributed by atoms with Crippen LogP contribution in [0.5, 0.6) is 0 Å². The lowest BCUT2D eigenvalue weighted by atomic mass is 10.1. The lowest BCUT2D eigenvalue weighted by molar-refractivity contribution is -0.384. The molecule has 4 aromatic rings. The Morgan fingerprint density at radius 3 is 2.48 bits per heavy atom. The molecule has 2 N–H and O–H groups in total. The number of hydrogen-bond acceptors (Lipinski definition) is 5. The van der Waals surface area contributed by atoms with Crippen molar-refractivity contribution in [2.45, 2.75) is 6.92 Å². The SMILES string of the molecule is Cc1cccc(NC(=O)c2ccccc2NC(=O)c2ccn(-c3cccc([N+](=O)[O-])c3)n2)c1. The highest BCUT2D eigenvalue weighted by Crippen LogP contribution is 2.20. The van der Waals surface area contributed by atoms with Gasteiger partial charge in [0.1, 0.15) is 0 Å². The van der Waals surface area contributed by atoms with E-state index in [1.807, 2.05) is 25.1 Å². The number of nitro groups is 1. The molecule has 9 nitrogen and oxygen atoms in total. The number of nitrogens with zero attached hydrogens (tertiary/aromatic N) is 3. The third kappa shape index (κ3) is 4.93. The van der Waals surface area contributed by atoms with Gasteiger partial charge >= 0.3 is 0 Å². The number of rotatable bonds is 6. The highest BCUT2D eigenvalue weighted by atomic mass is 16.6. The van der Waals surface area contributed by atoms with Crippen LogP contribution in [0, 0.1) is 17.0 Å². The first kappa shape index (κ1) is 21.4. The van der Waals surface area contributed by atoms with Crippen molar-refractivity contribution in [3.05, 3.63) is 112 Å². The van der Waals surface area contributed by atoms with E-state index >= 15 is 0 Å². The zero-order chi connectivity index (χ0) is 23.4. The van der Waals surface area contributed by atoms with Crippen molar-refractivity contribution in [1.82, 2.24) is 9.78 Å². The fourth-order valence-corrected chi connectivity index (χ4v) is 3.24. The maximum atomic E-state index is 12.8. The number of aryl methyl sites for hydroxylation is 1. The van der Waals surface area contributed by atoms with Crippen molar-refractivity contribution in [2.24, 2.45) is 0 Å². The van der Waals surface area contributed by atoms with E-state index in [-0.39, 0.29) is 17.3 Å². The number of nitrogens with one attached hydrogen (secondary N) is 2. The normalized spacial score (nSPS) is 10.5. The molecular weight excluding hydrogens is 422 g/mol. The standard InChI is InChI=1S/C24H19N5O4/c1-16-6-4-7-17(14-16)25-23(30)20-10-2-3-11-21(20)26-24(31)22-12-13-28(27-22)18-8-5-9-19(15-18)29(32)33/h2-15H,1H3,(H,25,30)(H,26,31). The van der Waals surface area contributed by atoms with E-state index in [1.54, 1.807) is 36.4 Å². The molecule has 0 atom stereocenters. The topological polar surface area (TPSA) is 119 Å². The largest absolute Gasteiger partial charge is 0.322 e. The molecule has 33 heavy (non-hydrogen) atoms. The van der Waals surface area contributed by atoms with Gasteiger partial charge in [0.15, 0.2) is 5.69 Å². The zero-order valence-electron chi connectivity index (χ0n) is 17.6. The van der Waals surface area contributed by atoms with E-state index in [9.17, 15) is 19.7 Å². The summed E-state index contributed by atoms with van der Waals surface area (Å²) in [6, 6.07) is 21.5. The lowest BCUT2D eigenvalue weighted by Gasteiger charge is -2.11. The van der Waals surface area contributed by atoms with E-state index in [2.05, 4.69) is 15.7 Å². The number of carbonyl (C=O) groups excluding carboxylic acids is 2. The molecular formula is C24H19N5O4. The Kier molecular flexibility index (Phi) is 5.94. The van der Waals surface area contributed by atoms with Crippen LogP contribution in [0.3, 0.4) is 0 Å². The van der Waals surface area contributed by atoms with Crippen molar-refractivity contribution in [1.29, 1.82) is 0 Å². The summed E-state index contributed by atoms with van der Waals surface area (Å²) in [5.41, 5.74) is 2.74. The average molecular weight is 441 g/mol. The smallest absolute Gasteiger partial charge is 0.276 e. The summed E-state index contributed by atoms with van der Waals surface area (Å²) in [6.45, 7) is 1.93. The minimum absolute atomic E-state index is 0.0810. The first-order valence-corrected chi connectivity index (χ1v) is 9.99. The number of aromatic nitrogens is 2. The Morgan fingerprint density at radius 1 is 0.909 bits per heavy atom. The van der Waals surface area contributed by atoms with Crippen LogP contribution >= 0.6 is 0 Å². The van der Waals surface area contributed by atoms with Gasteiger partial charge in [-0.15, -0.1) is 0 Å². The fraction of sp³-hybridized carbons (Fsp3) is 0.0417. The monoisotopic (exact) mass is 441 g/mol. The van der Waals surface area contributed by atoms with E-state index in [0.29, 0.717) is 22.6 Å². The highest BCUT2D eigenvalue weighted by molar-refractivity contribution is 6.12. The summed E-state index contributed by atoms with van der Waals surface area (Å²) in [6.07, 6.45) is 1.53. The summed E-state index contributed by atoms with van der Waals surface area (Å²) in [7, 11) is 0. The molecule has 164 valence electrons. The number of non-ortho nitro benzene ring substituents is 1. The van der Waals surface area contributed by atoms with Crippen LogP contribution in [-0.2, 0) is 0 Å². The number of amides is 2.